The van der Waals surface area contributed by atoms with Crippen LogP contribution < -0.4 is 5.73 Å². The molecular weight excluding hydrogens is 268 g/mol. The topological polar surface area (TPSA) is 67.6 Å². The quantitative estimate of drug-likeness (QED) is 0.870. The van der Waals surface area contributed by atoms with Crippen molar-refractivity contribution in [2.24, 2.45) is 5.73 Å². The van der Waals surface area contributed by atoms with Crippen molar-refractivity contribution in [3.63, 3.8) is 0 Å². The first-order valence-electron chi connectivity index (χ1n) is 8.07. The van der Waals surface area contributed by atoms with Crippen molar-refractivity contribution in [3.05, 3.63) is 5.82 Å². The Morgan fingerprint density at radius 1 is 1.00 bits per heavy atom. The molecule has 1 aromatic rings. The third kappa shape index (κ3) is 5.44. The molecule has 1 aliphatic rings. The first-order chi connectivity index (χ1) is 9.75. The molecule has 0 radical (unpaired) electrons. The number of nitrogens with zero attached hydrogens (tertiary/aromatic N) is 2. The van der Waals surface area contributed by atoms with Gasteiger partial charge in [0.2, 0.25) is 5.16 Å². The number of aromatic nitrogens is 3. The van der Waals surface area contributed by atoms with Crippen LogP contribution in [-0.2, 0) is 0 Å². The van der Waals surface area contributed by atoms with Crippen molar-refractivity contribution in [3.8, 4) is 0 Å². The summed E-state index contributed by atoms with van der Waals surface area (Å²) in [5.41, 5.74) is 6.43. The van der Waals surface area contributed by atoms with E-state index < -0.39 is 0 Å². The molecule has 1 aromatic heterocycles. The van der Waals surface area contributed by atoms with E-state index in [1.807, 2.05) is 6.92 Å². The van der Waals surface area contributed by atoms with Crippen LogP contribution in [0.3, 0.4) is 0 Å². The summed E-state index contributed by atoms with van der Waals surface area (Å²) in [6.45, 7) is 1.94. The molecule has 114 valence electrons. The molecule has 0 spiro atoms. The van der Waals surface area contributed by atoms with E-state index in [4.69, 9.17) is 5.73 Å². The molecule has 2 atom stereocenters. The number of hydrogen-bond acceptors (Lipinski definition) is 4. The third-order valence-corrected chi connectivity index (χ3v) is 5.37. The van der Waals surface area contributed by atoms with Gasteiger partial charge in [-0.05, 0) is 19.8 Å². The van der Waals surface area contributed by atoms with Crippen molar-refractivity contribution >= 4 is 11.8 Å². The van der Waals surface area contributed by atoms with Crippen molar-refractivity contribution < 1.29 is 0 Å². The lowest BCUT2D eigenvalue weighted by Gasteiger charge is -2.23. The number of nitrogens with one attached hydrogen (secondary N) is 1. The van der Waals surface area contributed by atoms with Gasteiger partial charge in [0.25, 0.3) is 0 Å². The summed E-state index contributed by atoms with van der Waals surface area (Å²) in [4.78, 5) is 4.41. The number of H-pyrrole nitrogens is 1. The van der Waals surface area contributed by atoms with Crippen LogP contribution in [0.4, 0.5) is 0 Å². The Bertz CT molecular complexity index is 380. The van der Waals surface area contributed by atoms with Crippen LogP contribution in [0.25, 0.3) is 0 Å². The predicted octanol–water partition coefficient (Wildman–Crippen LogP) is 3.82. The third-order valence-electron chi connectivity index (χ3n) is 4.09. The monoisotopic (exact) mass is 296 g/mol. The number of aryl methyl sites for hydroxylation is 1. The first kappa shape index (κ1) is 15.8. The number of thioether (sulfide) groups is 1. The summed E-state index contributed by atoms with van der Waals surface area (Å²) in [6.07, 6.45) is 13.1. The fourth-order valence-electron chi connectivity index (χ4n) is 2.84. The first-order valence-corrected chi connectivity index (χ1v) is 8.95. The van der Waals surface area contributed by atoms with E-state index in [1.54, 1.807) is 11.8 Å². The predicted molar refractivity (Wildman–Crippen MR) is 84.9 cm³/mol. The summed E-state index contributed by atoms with van der Waals surface area (Å²) in [5.74, 6) is 0.884. The summed E-state index contributed by atoms with van der Waals surface area (Å²) >= 11 is 1.77. The Morgan fingerprint density at radius 2 is 1.60 bits per heavy atom. The van der Waals surface area contributed by atoms with E-state index in [1.165, 1.54) is 57.8 Å². The Hall–Kier alpha value is -0.550. The second-order valence-corrected chi connectivity index (χ2v) is 7.14. The molecule has 1 saturated carbocycles. The van der Waals surface area contributed by atoms with Gasteiger partial charge in [0.1, 0.15) is 5.82 Å². The molecule has 0 saturated heterocycles. The van der Waals surface area contributed by atoms with Crippen LogP contribution in [0, 0.1) is 6.92 Å². The lowest BCUT2D eigenvalue weighted by atomic mass is 9.98. The van der Waals surface area contributed by atoms with Crippen molar-refractivity contribution in [1.29, 1.82) is 0 Å². The summed E-state index contributed by atoms with van der Waals surface area (Å²) in [5, 5.41) is 8.48. The van der Waals surface area contributed by atoms with E-state index in [-0.39, 0.29) is 6.04 Å². The van der Waals surface area contributed by atoms with Gasteiger partial charge in [-0.15, -0.1) is 5.10 Å². The van der Waals surface area contributed by atoms with Crippen LogP contribution in [0.15, 0.2) is 5.16 Å². The maximum atomic E-state index is 6.43. The average molecular weight is 296 g/mol. The highest BCUT2D eigenvalue weighted by molar-refractivity contribution is 7.99. The van der Waals surface area contributed by atoms with E-state index in [9.17, 15) is 0 Å². The molecule has 3 N–H and O–H groups in total. The fraction of sp³-hybridized carbons (Fsp3) is 0.867. The molecule has 0 amide bonds. The highest BCUT2D eigenvalue weighted by atomic mass is 32.2. The second-order valence-electron chi connectivity index (χ2n) is 5.93. The highest BCUT2D eigenvalue weighted by Gasteiger charge is 2.20. The second kappa shape index (κ2) is 8.67. The summed E-state index contributed by atoms with van der Waals surface area (Å²) < 4.78 is 0. The van der Waals surface area contributed by atoms with Crippen LogP contribution in [0.5, 0.6) is 0 Å². The van der Waals surface area contributed by atoms with Gasteiger partial charge in [-0.2, -0.15) is 0 Å². The lowest BCUT2D eigenvalue weighted by molar-refractivity contribution is 0.473. The van der Waals surface area contributed by atoms with Crippen molar-refractivity contribution in [1.82, 2.24) is 15.2 Å². The Balaban J connectivity index is 1.90. The smallest absolute Gasteiger partial charge is 0.208 e. The van der Waals surface area contributed by atoms with Gasteiger partial charge in [0.05, 0.1) is 0 Å². The number of nitrogens with two attached hydrogens (primary N) is 1. The van der Waals surface area contributed by atoms with Gasteiger partial charge in [0.15, 0.2) is 0 Å². The summed E-state index contributed by atoms with van der Waals surface area (Å²) in [7, 11) is 0. The minimum atomic E-state index is 0.276. The van der Waals surface area contributed by atoms with Gasteiger partial charge in [-0.25, -0.2) is 4.98 Å². The van der Waals surface area contributed by atoms with E-state index in [2.05, 4.69) is 15.2 Å². The van der Waals surface area contributed by atoms with Gasteiger partial charge in [-0.1, -0.05) is 63.1 Å². The van der Waals surface area contributed by atoms with Crippen molar-refractivity contribution in [2.75, 3.05) is 0 Å². The van der Waals surface area contributed by atoms with Crippen LogP contribution in [0.2, 0.25) is 0 Å². The Morgan fingerprint density at radius 3 is 2.20 bits per heavy atom. The van der Waals surface area contributed by atoms with E-state index >= 15 is 0 Å². The van der Waals surface area contributed by atoms with Gasteiger partial charge in [0, 0.05) is 11.3 Å². The summed E-state index contributed by atoms with van der Waals surface area (Å²) in [6, 6.07) is 0.276. The highest BCUT2D eigenvalue weighted by Crippen LogP contribution is 2.28. The number of hydrogen-bond donors (Lipinski definition) is 2. The Labute approximate surface area is 126 Å². The molecule has 0 aromatic carbocycles. The molecule has 2 unspecified atom stereocenters. The number of aromatic amines is 1. The maximum Gasteiger partial charge on any atom is 0.208 e. The molecule has 5 heteroatoms. The fourth-order valence-corrected chi connectivity index (χ4v) is 4.00. The molecule has 0 bridgehead atoms. The molecule has 4 nitrogen and oxygen atoms in total. The van der Waals surface area contributed by atoms with Crippen LogP contribution >= 0.6 is 11.8 Å². The molecule has 1 aliphatic carbocycles. The van der Waals surface area contributed by atoms with E-state index in [0.717, 1.165) is 17.4 Å². The molecule has 20 heavy (non-hydrogen) atoms. The van der Waals surface area contributed by atoms with Crippen LogP contribution in [-0.4, -0.2) is 26.5 Å². The normalized spacial score (nSPS) is 26.7. The van der Waals surface area contributed by atoms with Gasteiger partial charge >= 0.3 is 0 Å². The zero-order valence-electron chi connectivity index (χ0n) is 12.6. The minimum absolute atomic E-state index is 0.276. The SMILES string of the molecule is Cc1nc(SC2CCCCCCCCCCC2N)n[nH]1. The maximum absolute atomic E-state index is 6.43. The molecule has 1 fully saturated rings. The average Bonchev–Trinajstić information content (AvgIpc) is 2.83. The van der Waals surface area contributed by atoms with Gasteiger partial charge < -0.3 is 5.73 Å². The number of rotatable bonds is 2. The van der Waals surface area contributed by atoms with Gasteiger partial charge in [-0.3, -0.25) is 5.10 Å². The zero-order chi connectivity index (χ0) is 14.2. The van der Waals surface area contributed by atoms with Crippen molar-refractivity contribution in [2.45, 2.75) is 87.6 Å². The zero-order valence-corrected chi connectivity index (χ0v) is 13.4. The molecule has 1 heterocycles. The molecular formula is C15H28N4S. The lowest BCUT2D eigenvalue weighted by Crippen LogP contribution is -2.32. The van der Waals surface area contributed by atoms with Crippen LogP contribution in [0.1, 0.15) is 70.0 Å². The Kier molecular flexibility index (Phi) is 6.87. The standard InChI is InChI=1S/C15H28N4S/c1-12-17-15(19-18-12)20-14-11-9-7-5-3-2-4-6-8-10-13(14)16/h13-14H,2-11,16H2,1H3,(H,17,18,19). The largest absolute Gasteiger partial charge is 0.327 e. The molecule has 0 aliphatic heterocycles. The van der Waals surface area contributed by atoms with E-state index in [0.29, 0.717) is 5.25 Å². The molecule has 2 rings (SSSR count). The minimum Gasteiger partial charge on any atom is -0.327 e.